The Morgan fingerprint density at radius 3 is 2.75 bits per heavy atom. The number of ether oxygens (including phenoxy) is 2. The quantitative estimate of drug-likeness (QED) is 0.346. The molecule has 1 amide bonds. The summed E-state index contributed by atoms with van der Waals surface area (Å²) in [6.07, 6.45) is 1.64. The van der Waals surface area contributed by atoms with Gasteiger partial charge in [-0.25, -0.2) is 9.48 Å². The SMILES string of the molecule is COC(=O)c1sc2cc(NC(=O)c3ccn(COc4cc(C)ccc4Cl)n3)ccc2c1Cl. The molecule has 4 rings (SSSR count). The standard InChI is InChI=1S/C22H17Cl2N3O4S/c1-12-3-6-15(23)17(9-12)31-11-27-8-7-16(26-27)21(28)25-13-4-5-14-18(10-13)32-20(19(14)24)22(29)30-2/h3-10H,11H2,1-2H3,(H,25,28). The summed E-state index contributed by atoms with van der Waals surface area (Å²) in [5.74, 6) is -0.337. The van der Waals surface area contributed by atoms with Gasteiger partial charge in [0.05, 0.1) is 17.2 Å². The molecule has 32 heavy (non-hydrogen) atoms. The molecule has 0 saturated carbocycles. The van der Waals surface area contributed by atoms with Crippen molar-refractivity contribution in [2.45, 2.75) is 13.7 Å². The number of hydrogen-bond donors (Lipinski definition) is 1. The lowest BCUT2D eigenvalue weighted by Crippen LogP contribution is -2.14. The monoisotopic (exact) mass is 489 g/mol. The Morgan fingerprint density at radius 2 is 1.97 bits per heavy atom. The van der Waals surface area contributed by atoms with E-state index in [1.165, 1.54) is 23.1 Å². The molecule has 164 valence electrons. The fraction of sp³-hybridized carbons (Fsp3) is 0.136. The zero-order chi connectivity index (χ0) is 22.8. The summed E-state index contributed by atoms with van der Waals surface area (Å²) in [5, 5.41) is 8.59. The maximum Gasteiger partial charge on any atom is 0.349 e. The van der Waals surface area contributed by atoms with E-state index in [2.05, 4.69) is 10.4 Å². The van der Waals surface area contributed by atoms with Gasteiger partial charge >= 0.3 is 5.97 Å². The van der Waals surface area contributed by atoms with Gasteiger partial charge in [-0.3, -0.25) is 4.79 Å². The largest absolute Gasteiger partial charge is 0.470 e. The molecule has 0 aliphatic rings. The van der Waals surface area contributed by atoms with Crippen LogP contribution in [0.3, 0.4) is 0 Å². The van der Waals surface area contributed by atoms with Crippen LogP contribution in [0.2, 0.25) is 10.0 Å². The number of aryl methyl sites for hydroxylation is 1. The third kappa shape index (κ3) is 4.57. The predicted molar refractivity (Wildman–Crippen MR) is 125 cm³/mol. The number of esters is 1. The lowest BCUT2D eigenvalue weighted by atomic mass is 10.2. The first kappa shape index (κ1) is 22.1. The van der Waals surface area contributed by atoms with Gasteiger partial charge in [-0.15, -0.1) is 11.3 Å². The first-order valence-electron chi connectivity index (χ1n) is 9.40. The Labute approximate surface area is 197 Å². The van der Waals surface area contributed by atoms with Crippen LogP contribution in [0, 0.1) is 6.92 Å². The van der Waals surface area contributed by atoms with Crippen LogP contribution in [0.25, 0.3) is 10.1 Å². The number of anilines is 1. The molecular weight excluding hydrogens is 473 g/mol. The van der Waals surface area contributed by atoms with E-state index >= 15 is 0 Å². The summed E-state index contributed by atoms with van der Waals surface area (Å²) in [7, 11) is 1.30. The van der Waals surface area contributed by atoms with Gasteiger partial charge in [0.15, 0.2) is 12.4 Å². The number of methoxy groups -OCH3 is 1. The van der Waals surface area contributed by atoms with Crippen LogP contribution >= 0.6 is 34.5 Å². The van der Waals surface area contributed by atoms with Gasteiger partial charge in [0.2, 0.25) is 0 Å². The average molecular weight is 490 g/mol. The van der Waals surface area contributed by atoms with Crippen LogP contribution in [0.1, 0.15) is 25.7 Å². The smallest absolute Gasteiger partial charge is 0.349 e. The number of hydrogen-bond acceptors (Lipinski definition) is 6. The van der Waals surface area contributed by atoms with Crippen LogP contribution in [0.5, 0.6) is 5.75 Å². The highest BCUT2D eigenvalue weighted by Crippen LogP contribution is 2.37. The highest BCUT2D eigenvalue weighted by Gasteiger charge is 2.18. The molecule has 0 radical (unpaired) electrons. The van der Waals surface area contributed by atoms with Crippen molar-refractivity contribution in [2.75, 3.05) is 12.4 Å². The van der Waals surface area contributed by atoms with Crippen LogP contribution in [0.4, 0.5) is 5.69 Å². The zero-order valence-corrected chi connectivity index (χ0v) is 19.3. The number of amides is 1. The Hall–Kier alpha value is -3.07. The number of carbonyl (C=O) groups is 2. The van der Waals surface area contributed by atoms with Crippen LogP contribution in [-0.2, 0) is 11.5 Å². The van der Waals surface area contributed by atoms with E-state index in [0.29, 0.717) is 31.7 Å². The van der Waals surface area contributed by atoms with Crippen LogP contribution < -0.4 is 10.1 Å². The Bertz CT molecular complexity index is 1330. The molecule has 0 atom stereocenters. The molecule has 1 N–H and O–H groups in total. The number of nitrogens with one attached hydrogen (secondary N) is 1. The van der Waals surface area contributed by atoms with Crippen LogP contribution in [0.15, 0.2) is 48.7 Å². The predicted octanol–water partition coefficient (Wildman–Crippen LogP) is 5.79. The minimum absolute atomic E-state index is 0.104. The van der Waals surface area contributed by atoms with Crippen molar-refractivity contribution < 1.29 is 19.1 Å². The third-order valence-corrected chi connectivity index (χ3v) is 6.52. The van der Waals surface area contributed by atoms with Crippen molar-refractivity contribution in [3.05, 3.63) is 74.8 Å². The topological polar surface area (TPSA) is 82.5 Å². The van der Waals surface area contributed by atoms with Gasteiger partial charge in [0.1, 0.15) is 10.6 Å². The van der Waals surface area contributed by atoms with Gasteiger partial charge in [-0.2, -0.15) is 5.10 Å². The molecule has 2 heterocycles. The normalized spacial score (nSPS) is 10.9. The second-order valence-corrected chi connectivity index (χ2v) is 8.69. The number of thiophene rings is 1. The van der Waals surface area contributed by atoms with E-state index < -0.39 is 5.97 Å². The number of fused-ring (bicyclic) bond motifs is 1. The summed E-state index contributed by atoms with van der Waals surface area (Å²) < 4.78 is 12.7. The van der Waals surface area contributed by atoms with Crippen molar-refractivity contribution in [2.24, 2.45) is 0 Å². The Balaban J connectivity index is 1.45. The number of carbonyl (C=O) groups excluding carboxylic acids is 2. The Morgan fingerprint density at radius 1 is 1.16 bits per heavy atom. The lowest BCUT2D eigenvalue weighted by Gasteiger charge is -2.08. The summed E-state index contributed by atoms with van der Waals surface area (Å²) in [6.45, 7) is 2.05. The highest BCUT2D eigenvalue weighted by molar-refractivity contribution is 7.21. The third-order valence-electron chi connectivity index (χ3n) is 4.57. The van der Waals surface area contributed by atoms with Crippen molar-refractivity contribution in [3.8, 4) is 5.75 Å². The average Bonchev–Trinajstić information content (AvgIpc) is 3.38. The molecule has 0 saturated heterocycles. The molecule has 0 fully saturated rings. The number of nitrogens with zero attached hydrogens (tertiary/aromatic N) is 2. The molecule has 2 aromatic heterocycles. The van der Waals surface area contributed by atoms with Gasteiger partial charge in [-0.1, -0.05) is 29.3 Å². The van der Waals surface area contributed by atoms with E-state index in [-0.39, 0.29) is 18.3 Å². The molecular formula is C22H17Cl2N3O4S. The molecule has 0 bridgehead atoms. The van der Waals surface area contributed by atoms with E-state index in [1.807, 2.05) is 19.1 Å². The molecule has 4 aromatic rings. The van der Waals surface area contributed by atoms with Gasteiger partial charge in [0.25, 0.3) is 5.91 Å². The number of rotatable bonds is 6. The first-order valence-corrected chi connectivity index (χ1v) is 11.0. The van der Waals surface area contributed by atoms with E-state index in [0.717, 1.165) is 10.3 Å². The minimum atomic E-state index is -0.499. The summed E-state index contributed by atoms with van der Waals surface area (Å²) in [4.78, 5) is 24.8. The maximum atomic E-state index is 12.6. The first-order chi connectivity index (χ1) is 15.4. The van der Waals surface area contributed by atoms with Gasteiger partial charge < -0.3 is 14.8 Å². The Kier molecular flexibility index (Phi) is 6.36. The number of benzene rings is 2. The minimum Gasteiger partial charge on any atom is -0.470 e. The molecule has 2 aromatic carbocycles. The summed E-state index contributed by atoms with van der Waals surface area (Å²) in [5.41, 5.74) is 1.80. The van der Waals surface area contributed by atoms with E-state index in [4.69, 9.17) is 32.7 Å². The van der Waals surface area contributed by atoms with E-state index in [1.54, 1.807) is 36.5 Å². The number of aromatic nitrogens is 2. The van der Waals surface area contributed by atoms with Crippen LogP contribution in [-0.4, -0.2) is 28.8 Å². The maximum absolute atomic E-state index is 12.6. The van der Waals surface area contributed by atoms with Crippen molar-refractivity contribution >= 4 is 62.2 Å². The summed E-state index contributed by atoms with van der Waals surface area (Å²) in [6, 6.07) is 12.3. The molecule has 0 spiro atoms. The molecule has 7 nitrogen and oxygen atoms in total. The van der Waals surface area contributed by atoms with Gasteiger partial charge in [0, 0.05) is 22.0 Å². The molecule has 0 unspecified atom stereocenters. The fourth-order valence-electron chi connectivity index (χ4n) is 2.97. The molecule has 0 aliphatic heterocycles. The van der Waals surface area contributed by atoms with Crippen molar-refractivity contribution in [1.29, 1.82) is 0 Å². The number of halogens is 2. The second-order valence-electron chi connectivity index (χ2n) is 6.85. The van der Waals surface area contributed by atoms with Crippen molar-refractivity contribution in [3.63, 3.8) is 0 Å². The molecule has 10 heteroatoms. The lowest BCUT2D eigenvalue weighted by molar-refractivity contribution is 0.0606. The zero-order valence-electron chi connectivity index (χ0n) is 17.0. The summed E-state index contributed by atoms with van der Waals surface area (Å²) >= 11 is 13.6. The highest BCUT2D eigenvalue weighted by atomic mass is 35.5. The van der Waals surface area contributed by atoms with E-state index in [9.17, 15) is 9.59 Å². The van der Waals surface area contributed by atoms with Crippen molar-refractivity contribution in [1.82, 2.24) is 9.78 Å². The fourth-order valence-corrected chi connectivity index (χ4v) is 4.61. The molecule has 0 aliphatic carbocycles. The van der Waals surface area contributed by atoms with Gasteiger partial charge in [-0.05, 0) is 48.9 Å². The second kappa shape index (κ2) is 9.20.